The summed E-state index contributed by atoms with van der Waals surface area (Å²) in [7, 11) is 4.31. The van der Waals surface area contributed by atoms with E-state index in [-0.39, 0.29) is 18.2 Å². The number of amides is 2. The van der Waals surface area contributed by atoms with Crippen LogP contribution in [0.15, 0.2) is 24.3 Å². The molecule has 1 spiro atoms. The number of hydrogen-bond acceptors (Lipinski definition) is 6. The van der Waals surface area contributed by atoms with E-state index in [1.165, 1.54) is 38.6 Å². The molecule has 9 heteroatoms. The Kier molecular flexibility index (Phi) is 4.57. The van der Waals surface area contributed by atoms with E-state index in [9.17, 15) is 18.8 Å². The van der Waals surface area contributed by atoms with E-state index in [4.69, 9.17) is 4.74 Å². The molecule has 162 valence electrons. The molecule has 4 aliphatic rings. The SMILES string of the molecule is CN1C(=O)C23CC(C)(C(=O)OC(C)(C)C)C(c4ccc(F)cc4)N2C(=O)C1(C)SS3. The normalized spacial score (nSPS) is 35.6. The van der Waals surface area contributed by atoms with Crippen molar-refractivity contribution in [2.45, 2.75) is 62.4 Å². The van der Waals surface area contributed by atoms with Gasteiger partial charge in [0.2, 0.25) is 0 Å². The molecule has 4 atom stereocenters. The van der Waals surface area contributed by atoms with Crippen LogP contribution in [0.25, 0.3) is 0 Å². The lowest BCUT2D eigenvalue weighted by molar-refractivity contribution is -0.170. The number of ether oxygens (including phenoxy) is 1. The smallest absolute Gasteiger partial charge is 0.314 e. The van der Waals surface area contributed by atoms with Gasteiger partial charge in [0.25, 0.3) is 11.8 Å². The molecular weight excluding hydrogens is 427 g/mol. The molecule has 5 rings (SSSR count). The molecule has 30 heavy (non-hydrogen) atoms. The van der Waals surface area contributed by atoms with Gasteiger partial charge in [-0.15, -0.1) is 0 Å². The molecule has 0 N–H and O–H groups in total. The van der Waals surface area contributed by atoms with Gasteiger partial charge in [-0.3, -0.25) is 14.4 Å². The average molecular weight is 453 g/mol. The highest BCUT2D eigenvalue weighted by molar-refractivity contribution is 8.78. The minimum absolute atomic E-state index is 0.125. The Labute approximate surface area is 183 Å². The van der Waals surface area contributed by atoms with Crippen LogP contribution in [0.2, 0.25) is 0 Å². The van der Waals surface area contributed by atoms with E-state index < -0.39 is 38.6 Å². The topological polar surface area (TPSA) is 66.9 Å². The maximum Gasteiger partial charge on any atom is 0.314 e. The molecule has 4 saturated heterocycles. The van der Waals surface area contributed by atoms with Gasteiger partial charge in [-0.05, 0) is 52.3 Å². The number of fused-ring (bicyclic) bond motifs is 2. The fourth-order valence-corrected chi connectivity index (χ4v) is 8.12. The van der Waals surface area contributed by atoms with Gasteiger partial charge in [0.05, 0.1) is 11.5 Å². The molecular formula is C21H25FN2O4S2. The summed E-state index contributed by atoms with van der Waals surface area (Å²) in [5, 5.41) is 0. The van der Waals surface area contributed by atoms with Gasteiger partial charge < -0.3 is 14.5 Å². The number of carbonyl (C=O) groups excluding carboxylic acids is 3. The van der Waals surface area contributed by atoms with Crippen molar-refractivity contribution < 1.29 is 23.5 Å². The fraction of sp³-hybridized carbons (Fsp3) is 0.571. The van der Waals surface area contributed by atoms with Gasteiger partial charge in [0.1, 0.15) is 11.4 Å². The van der Waals surface area contributed by atoms with Gasteiger partial charge >= 0.3 is 5.97 Å². The second-order valence-corrected chi connectivity index (χ2v) is 12.3. The van der Waals surface area contributed by atoms with Gasteiger partial charge in [-0.1, -0.05) is 33.7 Å². The largest absolute Gasteiger partial charge is 0.459 e. The lowest BCUT2D eigenvalue weighted by atomic mass is 9.78. The van der Waals surface area contributed by atoms with Crippen molar-refractivity contribution in [1.29, 1.82) is 0 Å². The first kappa shape index (κ1) is 21.5. The van der Waals surface area contributed by atoms with E-state index in [1.807, 2.05) is 0 Å². The molecule has 4 aliphatic heterocycles. The summed E-state index contributed by atoms with van der Waals surface area (Å²) < 4.78 is 19.4. The van der Waals surface area contributed by atoms with Crippen LogP contribution in [0.4, 0.5) is 4.39 Å². The van der Waals surface area contributed by atoms with Crippen molar-refractivity contribution >= 4 is 39.4 Å². The highest BCUT2D eigenvalue weighted by atomic mass is 33.1. The molecule has 1 aromatic carbocycles. The Morgan fingerprint density at radius 1 is 1.13 bits per heavy atom. The van der Waals surface area contributed by atoms with Crippen LogP contribution < -0.4 is 0 Å². The van der Waals surface area contributed by atoms with Crippen molar-refractivity contribution in [3.63, 3.8) is 0 Å². The summed E-state index contributed by atoms with van der Waals surface area (Å²) in [6.45, 7) is 8.80. The zero-order valence-electron chi connectivity index (χ0n) is 17.8. The maximum atomic E-state index is 13.7. The van der Waals surface area contributed by atoms with Gasteiger partial charge in [-0.2, -0.15) is 0 Å². The first-order chi connectivity index (χ1) is 13.8. The van der Waals surface area contributed by atoms with Crippen LogP contribution in [0.1, 0.15) is 52.6 Å². The first-order valence-corrected chi connectivity index (χ1v) is 11.9. The van der Waals surface area contributed by atoms with Crippen molar-refractivity contribution in [1.82, 2.24) is 9.80 Å². The molecule has 4 fully saturated rings. The summed E-state index contributed by atoms with van der Waals surface area (Å²) >= 11 is 0. The van der Waals surface area contributed by atoms with Gasteiger partial charge in [0, 0.05) is 13.5 Å². The number of piperazine rings is 1. The predicted molar refractivity (Wildman–Crippen MR) is 114 cm³/mol. The summed E-state index contributed by atoms with van der Waals surface area (Å²) in [5.41, 5.74) is -1.31. The Balaban J connectivity index is 1.91. The summed E-state index contributed by atoms with van der Waals surface area (Å²) in [4.78, 5) is 41.3. The minimum atomic E-state index is -1.21. The average Bonchev–Trinajstić information content (AvgIpc) is 2.93. The van der Waals surface area contributed by atoms with Crippen LogP contribution in [-0.4, -0.2) is 50.0 Å². The second-order valence-electron chi connectivity index (χ2n) is 9.52. The number of rotatable bonds is 2. The molecule has 0 aromatic heterocycles. The van der Waals surface area contributed by atoms with E-state index in [0.717, 1.165) is 0 Å². The van der Waals surface area contributed by atoms with E-state index in [0.29, 0.717) is 5.56 Å². The number of halogens is 1. The molecule has 6 nitrogen and oxygen atoms in total. The van der Waals surface area contributed by atoms with Gasteiger partial charge in [-0.25, -0.2) is 4.39 Å². The molecule has 1 aromatic rings. The van der Waals surface area contributed by atoms with E-state index >= 15 is 0 Å². The monoisotopic (exact) mass is 452 g/mol. The lowest BCUT2D eigenvalue weighted by Gasteiger charge is -2.57. The molecule has 4 unspecified atom stereocenters. The van der Waals surface area contributed by atoms with Crippen LogP contribution in [-0.2, 0) is 19.1 Å². The molecule has 0 aliphatic carbocycles. The fourth-order valence-electron chi connectivity index (χ4n) is 4.54. The quantitative estimate of drug-likeness (QED) is 0.503. The second kappa shape index (κ2) is 6.38. The van der Waals surface area contributed by atoms with Crippen LogP contribution >= 0.6 is 21.6 Å². The van der Waals surface area contributed by atoms with Crippen LogP contribution in [0.5, 0.6) is 0 Å². The van der Waals surface area contributed by atoms with Crippen molar-refractivity contribution in [2.75, 3.05) is 7.05 Å². The third-order valence-electron chi connectivity index (χ3n) is 6.14. The van der Waals surface area contributed by atoms with E-state index in [2.05, 4.69) is 0 Å². The molecule has 2 bridgehead atoms. The Morgan fingerprint density at radius 2 is 1.73 bits per heavy atom. The zero-order valence-corrected chi connectivity index (χ0v) is 19.4. The molecule has 0 saturated carbocycles. The Morgan fingerprint density at radius 3 is 2.30 bits per heavy atom. The maximum absolute atomic E-state index is 13.7. The lowest BCUT2D eigenvalue weighted by Crippen LogP contribution is -2.73. The first-order valence-electron chi connectivity index (χ1n) is 9.74. The van der Waals surface area contributed by atoms with Gasteiger partial charge in [0.15, 0.2) is 9.74 Å². The summed E-state index contributed by atoms with van der Waals surface area (Å²) in [6.07, 6.45) is 0.125. The van der Waals surface area contributed by atoms with Crippen LogP contribution in [0, 0.1) is 11.2 Å². The number of benzene rings is 1. The third kappa shape index (κ3) is 2.74. The molecule has 4 heterocycles. The third-order valence-corrected chi connectivity index (χ3v) is 9.84. The zero-order chi connectivity index (χ0) is 22.3. The number of esters is 1. The van der Waals surface area contributed by atoms with Crippen LogP contribution in [0.3, 0.4) is 0 Å². The predicted octanol–water partition coefficient (Wildman–Crippen LogP) is 3.73. The van der Waals surface area contributed by atoms with Crippen molar-refractivity contribution in [3.05, 3.63) is 35.6 Å². The van der Waals surface area contributed by atoms with Crippen molar-refractivity contribution in [2.24, 2.45) is 5.41 Å². The van der Waals surface area contributed by atoms with E-state index in [1.54, 1.807) is 58.7 Å². The molecule has 0 radical (unpaired) electrons. The Bertz CT molecular complexity index is 949. The molecule has 2 amide bonds. The number of hydrogen-bond donors (Lipinski definition) is 0. The number of carbonyl (C=O) groups is 3. The number of nitrogens with zero attached hydrogens (tertiary/aromatic N) is 2. The number of likely N-dealkylation sites (N-methyl/N-ethyl adjacent to an activating group) is 1. The Hall–Kier alpha value is -1.74. The minimum Gasteiger partial charge on any atom is -0.459 e. The summed E-state index contributed by atoms with van der Waals surface area (Å²) in [6, 6.07) is 5.02. The highest BCUT2D eigenvalue weighted by Gasteiger charge is 2.76. The highest BCUT2D eigenvalue weighted by Crippen LogP contribution is 2.69. The standard InChI is InChI=1S/C21H25FN2O4S2/c1-18(2,3)28-17(27)19(4)11-21-16(26)23(6)20(5,29-30-21)15(25)24(21)14(19)12-7-9-13(22)10-8-12/h7-10,14H,11H2,1-6H3. The van der Waals surface area contributed by atoms with Crippen molar-refractivity contribution in [3.8, 4) is 0 Å². The summed E-state index contributed by atoms with van der Waals surface area (Å²) in [5.74, 6) is -1.32.